The Labute approximate surface area is 251 Å². The topological polar surface area (TPSA) is 147 Å². The first-order valence-electron chi connectivity index (χ1n) is 15.7. The third-order valence-electron chi connectivity index (χ3n) is 8.05. The first-order chi connectivity index (χ1) is 20.3. The lowest BCUT2D eigenvalue weighted by Crippen LogP contribution is -2.66. The zero-order valence-electron chi connectivity index (χ0n) is 25.7. The standard InChI is InChI=1S/C31H54N8O3/c1-3-27(40)26(18-25-8-5-4-6-9-25)38-28(41)10-7-11-29(42)39-31-22-35-15-12-32-19-30(2,20-33-13-16-36-23-31)21-34-14-17-37-24-31/h4-6,8-9,26,32-37H,3,7,10-24H2,1-2H3,(H,38,41)(H,39,42). The van der Waals surface area contributed by atoms with Crippen LogP contribution in [0.2, 0.25) is 0 Å². The second-order valence-corrected chi connectivity index (χ2v) is 12.2. The molecule has 2 bridgehead atoms. The van der Waals surface area contributed by atoms with Gasteiger partial charge in [0.05, 0.1) is 11.6 Å². The number of hydrogen-bond donors (Lipinski definition) is 8. The number of Topliss-reactive ketones (excluding diaryl/α,β-unsaturated/α-hetero) is 1. The molecule has 3 aliphatic heterocycles. The Bertz CT molecular complexity index is 917. The van der Waals surface area contributed by atoms with E-state index in [1.54, 1.807) is 0 Å². The highest BCUT2D eigenvalue weighted by atomic mass is 16.2. The third-order valence-corrected chi connectivity index (χ3v) is 8.05. The van der Waals surface area contributed by atoms with Crippen LogP contribution in [0.5, 0.6) is 0 Å². The number of nitrogens with one attached hydrogen (secondary N) is 8. The molecule has 8 N–H and O–H groups in total. The van der Waals surface area contributed by atoms with Crippen LogP contribution < -0.4 is 42.5 Å². The molecule has 42 heavy (non-hydrogen) atoms. The zero-order chi connectivity index (χ0) is 30.1. The minimum absolute atomic E-state index is 0.00817. The summed E-state index contributed by atoms with van der Waals surface area (Å²) in [6, 6.07) is 9.15. The predicted molar refractivity (Wildman–Crippen MR) is 167 cm³/mol. The van der Waals surface area contributed by atoms with Gasteiger partial charge in [0.15, 0.2) is 5.78 Å². The number of carbonyl (C=O) groups excluding carboxylic acids is 3. The number of rotatable bonds is 10. The molecule has 1 aromatic carbocycles. The van der Waals surface area contributed by atoms with Crippen molar-refractivity contribution < 1.29 is 14.4 Å². The predicted octanol–water partition coefficient (Wildman–Crippen LogP) is -0.711. The summed E-state index contributed by atoms with van der Waals surface area (Å²) in [5, 5.41) is 27.7. The summed E-state index contributed by atoms with van der Waals surface area (Å²) >= 11 is 0. The van der Waals surface area contributed by atoms with Gasteiger partial charge in [0.1, 0.15) is 0 Å². The van der Waals surface area contributed by atoms with Gasteiger partial charge in [-0.2, -0.15) is 0 Å². The summed E-state index contributed by atoms with van der Waals surface area (Å²) in [7, 11) is 0. The van der Waals surface area contributed by atoms with Crippen molar-refractivity contribution in [3.05, 3.63) is 35.9 Å². The van der Waals surface area contributed by atoms with Crippen LogP contribution in [0.15, 0.2) is 30.3 Å². The van der Waals surface area contributed by atoms with Crippen molar-refractivity contribution in [1.29, 1.82) is 0 Å². The molecule has 3 aliphatic rings. The van der Waals surface area contributed by atoms with Gasteiger partial charge in [-0.15, -0.1) is 0 Å². The van der Waals surface area contributed by atoms with E-state index in [4.69, 9.17) is 0 Å². The van der Waals surface area contributed by atoms with Crippen molar-refractivity contribution in [1.82, 2.24) is 42.5 Å². The molecule has 11 heteroatoms. The summed E-state index contributed by atoms with van der Waals surface area (Å²) in [4.78, 5) is 38.5. The van der Waals surface area contributed by atoms with E-state index in [0.29, 0.717) is 38.9 Å². The van der Waals surface area contributed by atoms with Crippen molar-refractivity contribution in [3.8, 4) is 0 Å². The molecule has 11 nitrogen and oxygen atoms in total. The summed E-state index contributed by atoms with van der Waals surface area (Å²) in [5.74, 6) is -0.270. The molecule has 3 saturated heterocycles. The highest BCUT2D eigenvalue weighted by Gasteiger charge is 2.32. The molecule has 1 aromatic rings. The van der Waals surface area contributed by atoms with Gasteiger partial charge in [0, 0.05) is 103 Å². The Morgan fingerprint density at radius 2 is 1.21 bits per heavy atom. The van der Waals surface area contributed by atoms with Gasteiger partial charge >= 0.3 is 0 Å². The molecule has 0 radical (unpaired) electrons. The summed E-state index contributed by atoms with van der Waals surface area (Å²) in [5.41, 5.74) is 0.611. The molecule has 3 heterocycles. The fourth-order valence-corrected chi connectivity index (χ4v) is 5.57. The molecule has 4 rings (SSSR count). The van der Waals surface area contributed by atoms with Crippen molar-refractivity contribution in [2.24, 2.45) is 5.41 Å². The third kappa shape index (κ3) is 12.4. The molecule has 1 atom stereocenters. The van der Waals surface area contributed by atoms with Crippen LogP contribution in [0.3, 0.4) is 0 Å². The first-order valence-corrected chi connectivity index (χ1v) is 15.7. The van der Waals surface area contributed by atoms with Crippen LogP contribution in [0.1, 0.15) is 45.1 Å². The Morgan fingerprint density at radius 1 is 0.738 bits per heavy atom. The van der Waals surface area contributed by atoms with E-state index in [-0.39, 0.29) is 35.9 Å². The zero-order valence-corrected chi connectivity index (χ0v) is 25.7. The second kappa shape index (κ2) is 18.3. The monoisotopic (exact) mass is 586 g/mol. The lowest BCUT2D eigenvalue weighted by atomic mass is 9.90. The molecule has 3 fully saturated rings. The number of ketones is 1. The molecule has 0 saturated carbocycles. The Balaban J connectivity index is 1.55. The molecule has 236 valence electrons. The van der Waals surface area contributed by atoms with Gasteiger partial charge in [-0.3, -0.25) is 14.4 Å². The number of carbonyl (C=O) groups is 3. The molecule has 0 aromatic heterocycles. The van der Waals surface area contributed by atoms with Gasteiger partial charge in [-0.05, 0) is 18.4 Å². The van der Waals surface area contributed by atoms with Gasteiger partial charge in [0.25, 0.3) is 0 Å². The van der Waals surface area contributed by atoms with Crippen molar-refractivity contribution in [3.63, 3.8) is 0 Å². The molecule has 2 amide bonds. The SMILES string of the molecule is CCC(=O)C(Cc1ccccc1)NC(=O)CCCC(=O)NC12CNCCNCC(C)(CNCCNC1)CNCCNC2. The highest BCUT2D eigenvalue weighted by Crippen LogP contribution is 2.13. The molecular formula is C31H54N8O3. The van der Waals surface area contributed by atoms with E-state index in [1.165, 1.54) is 0 Å². The van der Waals surface area contributed by atoms with Gasteiger partial charge < -0.3 is 42.5 Å². The van der Waals surface area contributed by atoms with Gasteiger partial charge in [-0.1, -0.05) is 44.2 Å². The largest absolute Gasteiger partial charge is 0.347 e. The van der Waals surface area contributed by atoms with Crippen LogP contribution in [-0.4, -0.2) is 108 Å². The smallest absolute Gasteiger partial charge is 0.220 e. The van der Waals surface area contributed by atoms with E-state index < -0.39 is 11.6 Å². The van der Waals surface area contributed by atoms with Gasteiger partial charge in [-0.25, -0.2) is 0 Å². The normalized spacial score (nSPS) is 25.5. The summed E-state index contributed by atoms with van der Waals surface area (Å²) in [6.45, 7) is 13.7. The lowest BCUT2D eigenvalue weighted by Gasteiger charge is -2.37. The fraction of sp³-hybridized carbons (Fsp3) is 0.710. The van der Waals surface area contributed by atoms with Crippen molar-refractivity contribution in [2.45, 2.75) is 57.5 Å². The van der Waals surface area contributed by atoms with E-state index in [9.17, 15) is 14.4 Å². The Morgan fingerprint density at radius 3 is 1.71 bits per heavy atom. The minimum Gasteiger partial charge on any atom is -0.347 e. The maximum absolute atomic E-state index is 13.2. The quantitative estimate of drug-likeness (QED) is 0.178. The van der Waals surface area contributed by atoms with E-state index in [0.717, 1.165) is 64.5 Å². The van der Waals surface area contributed by atoms with Crippen LogP contribution in [0.4, 0.5) is 0 Å². The summed E-state index contributed by atoms with van der Waals surface area (Å²) in [6.07, 6.45) is 1.68. The molecule has 1 unspecified atom stereocenters. The van der Waals surface area contributed by atoms with Crippen molar-refractivity contribution >= 4 is 17.6 Å². The number of fused-ring (bicyclic) bond motifs is 15. The van der Waals surface area contributed by atoms with Crippen molar-refractivity contribution in [2.75, 3.05) is 78.5 Å². The van der Waals surface area contributed by atoms with E-state index >= 15 is 0 Å². The van der Waals surface area contributed by atoms with E-state index in [1.807, 2.05) is 37.3 Å². The molecular weight excluding hydrogens is 532 g/mol. The summed E-state index contributed by atoms with van der Waals surface area (Å²) < 4.78 is 0. The number of amides is 2. The maximum atomic E-state index is 13.2. The number of benzene rings is 1. The van der Waals surface area contributed by atoms with Crippen LogP contribution in [-0.2, 0) is 20.8 Å². The maximum Gasteiger partial charge on any atom is 0.220 e. The number of hydrogen-bond acceptors (Lipinski definition) is 9. The first kappa shape index (κ1) is 34.1. The average molecular weight is 587 g/mol. The Hall–Kier alpha value is -2.41. The van der Waals surface area contributed by atoms with Crippen LogP contribution >= 0.6 is 0 Å². The second-order valence-electron chi connectivity index (χ2n) is 12.2. The van der Waals surface area contributed by atoms with Crippen LogP contribution in [0, 0.1) is 5.41 Å². The molecule has 0 spiro atoms. The highest BCUT2D eigenvalue weighted by molar-refractivity contribution is 5.89. The Kier molecular flexibility index (Phi) is 14.8. The minimum atomic E-state index is -0.553. The lowest BCUT2D eigenvalue weighted by molar-refractivity contribution is -0.128. The fourth-order valence-electron chi connectivity index (χ4n) is 5.57. The molecule has 0 aliphatic carbocycles. The van der Waals surface area contributed by atoms with E-state index in [2.05, 4.69) is 49.5 Å². The average Bonchev–Trinajstić information content (AvgIpc) is 2.97. The van der Waals surface area contributed by atoms with Gasteiger partial charge in [0.2, 0.25) is 11.8 Å². The van der Waals surface area contributed by atoms with Crippen LogP contribution in [0.25, 0.3) is 0 Å².